The number of hydrogen-bond donors (Lipinski definition) is 1. The molecule has 1 aromatic rings. The van der Waals surface area contributed by atoms with Gasteiger partial charge < -0.3 is 5.32 Å². The minimum atomic E-state index is -3.45. The Hall–Kier alpha value is -0.880. The summed E-state index contributed by atoms with van der Waals surface area (Å²) in [5.74, 6) is -0.226. The number of carbonyl (C=O) groups excluding carboxylic acids is 1. The molecule has 1 saturated carbocycles. The van der Waals surface area contributed by atoms with Gasteiger partial charge in [0.25, 0.3) is 0 Å². The first kappa shape index (κ1) is 17.5. The number of halogens is 1. The molecule has 122 valence electrons. The van der Waals surface area contributed by atoms with E-state index in [1.165, 1.54) is 0 Å². The fourth-order valence-electron chi connectivity index (χ4n) is 2.81. The summed E-state index contributed by atoms with van der Waals surface area (Å²) in [5.41, 5.74) is 0.689. The molecule has 0 unspecified atom stereocenters. The highest BCUT2D eigenvalue weighted by Gasteiger charge is 2.23. The molecule has 2 rings (SSSR count). The van der Waals surface area contributed by atoms with E-state index in [0.29, 0.717) is 11.5 Å². The van der Waals surface area contributed by atoms with Crippen molar-refractivity contribution in [1.29, 1.82) is 0 Å². The summed E-state index contributed by atoms with van der Waals surface area (Å²) >= 11 is 3.32. The highest BCUT2D eigenvalue weighted by Crippen LogP contribution is 2.23. The first-order valence-corrected chi connectivity index (χ1v) is 10.2. The van der Waals surface area contributed by atoms with Crippen LogP contribution in [-0.2, 0) is 20.4 Å². The van der Waals surface area contributed by atoms with Gasteiger partial charge in [-0.1, -0.05) is 35.0 Å². The van der Waals surface area contributed by atoms with Gasteiger partial charge in [0, 0.05) is 10.5 Å². The average molecular weight is 388 g/mol. The van der Waals surface area contributed by atoms with Gasteiger partial charge in [0.05, 0.1) is 5.75 Å². The monoisotopic (exact) mass is 387 g/mol. The highest BCUT2D eigenvalue weighted by molar-refractivity contribution is 9.10. The van der Waals surface area contributed by atoms with Crippen LogP contribution < -0.4 is 5.32 Å². The highest BCUT2D eigenvalue weighted by atomic mass is 79.9. The number of hydrogen-bond acceptors (Lipinski definition) is 3. The molecule has 4 nitrogen and oxygen atoms in total. The predicted octanol–water partition coefficient (Wildman–Crippen LogP) is 3.06. The van der Waals surface area contributed by atoms with E-state index in [0.717, 1.165) is 30.2 Å². The van der Waals surface area contributed by atoms with Gasteiger partial charge in [0.15, 0.2) is 9.84 Å². The molecule has 6 heteroatoms. The Bertz CT molecular complexity index is 622. The molecule has 0 heterocycles. The summed E-state index contributed by atoms with van der Waals surface area (Å²) in [5, 5.41) is 2.87. The number of sulfone groups is 1. The van der Waals surface area contributed by atoms with Crippen LogP contribution in [0.15, 0.2) is 28.7 Å². The molecule has 1 aromatic carbocycles. The zero-order chi connectivity index (χ0) is 16.2. The van der Waals surface area contributed by atoms with Crippen LogP contribution in [0.3, 0.4) is 0 Å². The Morgan fingerprint density at radius 1 is 1.27 bits per heavy atom. The Morgan fingerprint density at radius 3 is 2.59 bits per heavy atom. The van der Waals surface area contributed by atoms with E-state index in [-0.39, 0.29) is 17.7 Å². The van der Waals surface area contributed by atoms with Gasteiger partial charge in [0.2, 0.25) is 5.91 Å². The molecule has 0 radical (unpaired) electrons. The van der Waals surface area contributed by atoms with E-state index < -0.39 is 15.6 Å². The molecule has 0 bridgehead atoms. The maximum Gasteiger partial charge on any atom is 0.235 e. The zero-order valence-corrected chi connectivity index (χ0v) is 15.1. The molecule has 1 N–H and O–H groups in total. The van der Waals surface area contributed by atoms with Crippen molar-refractivity contribution in [3.05, 3.63) is 34.3 Å². The number of amides is 1. The quantitative estimate of drug-likeness (QED) is 0.843. The molecule has 1 fully saturated rings. The standard InChI is InChI=1S/C16H22BrNO3S/c1-12-5-7-15(8-6-12)18-16(19)11-22(20,21)10-13-3-2-4-14(17)9-13/h2-4,9,12,15H,5-8,10-11H2,1H3,(H,18,19). The molecule has 22 heavy (non-hydrogen) atoms. The Kier molecular flexibility index (Phi) is 6.03. The van der Waals surface area contributed by atoms with Gasteiger partial charge in [-0.2, -0.15) is 0 Å². The van der Waals surface area contributed by atoms with Crippen LogP contribution in [-0.4, -0.2) is 26.1 Å². The van der Waals surface area contributed by atoms with Crippen molar-refractivity contribution in [1.82, 2.24) is 5.32 Å². The first-order chi connectivity index (χ1) is 10.3. The molecule has 1 aliphatic carbocycles. The second-order valence-electron chi connectivity index (χ2n) is 6.19. The van der Waals surface area contributed by atoms with Gasteiger partial charge in [0.1, 0.15) is 5.75 Å². The minimum Gasteiger partial charge on any atom is -0.352 e. The molecule has 0 aromatic heterocycles. The van der Waals surface area contributed by atoms with Crippen molar-refractivity contribution in [3.8, 4) is 0 Å². The summed E-state index contributed by atoms with van der Waals surface area (Å²) < 4.78 is 25.1. The van der Waals surface area contributed by atoms with Gasteiger partial charge in [-0.05, 0) is 49.3 Å². The smallest absolute Gasteiger partial charge is 0.235 e. The third kappa shape index (κ3) is 5.72. The lowest BCUT2D eigenvalue weighted by Crippen LogP contribution is -2.40. The normalized spacial score (nSPS) is 22.3. The van der Waals surface area contributed by atoms with Gasteiger partial charge >= 0.3 is 0 Å². The maximum atomic E-state index is 12.1. The van der Waals surface area contributed by atoms with E-state index in [2.05, 4.69) is 28.2 Å². The number of carbonyl (C=O) groups is 1. The molecule has 0 aliphatic heterocycles. The van der Waals surface area contributed by atoms with Gasteiger partial charge in [-0.3, -0.25) is 4.79 Å². The number of benzene rings is 1. The first-order valence-electron chi connectivity index (χ1n) is 7.58. The summed E-state index contributed by atoms with van der Waals surface area (Å²) in [6.45, 7) is 2.21. The number of nitrogens with one attached hydrogen (secondary N) is 1. The SMILES string of the molecule is CC1CCC(NC(=O)CS(=O)(=O)Cc2cccc(Br)c2)CC1. The lowest BCUT2D eigenvalue weighted by Gasteiger charge is -2.26. The molecule has 0 spiro atoms. The topological polar surface area (TPSA) is 63.2 Å². The molecule has 0 atom stereocenters. The lowest BCUT2D eigenvalue weighted by molar-refractivity contribution is -0.119. The van der Waals surface area contributed by atoms with Crippen LogP contribution >= 0.6 is 15.9 Å². The summed E-state index contributed by atoms with van der Waals surface area (Å²) in [4.78, 5) is 12.0. The van der Waals surface area contributed by atoms with Crippen LogP contribution in [0, 0.1) is 5.92 Å². The third-order valence-electron chi connectivity index (χ3n) is 4.01. The largest absolute Gasteiger partial charge is 0.352 e. The molecular formula is C16H22BrNO3S. The fraction of sp³-hybridized carbons (Fsp3) is 0.562. The summed E-state index contributed by atoms with van der Waals surface area (Å²) in [6, 6.07) is 7.27. The molecule has 1 aliphatic rings. The third-order valence-corrected chi connectivity index (χ3v) is 5.98. The van der Waals surface area contributed by atoms with Gasteiger partial charge in [-0.15, -0.1) is 0 Å². The predicted molar refractivity (Wildman–Crippen MR) is 91.2 cm³/mol. The Morgan fingerprint density at radius 2 is 1.95 bits per heavy atom. The van der Waals surface area contributed by atoms with E-state index in [1.807, 2.05) is 6.07 Å². The van der Waals surface area contributed by atoms with Crippen LogP contribution in [0.1, 0.15) is 38.2 Å². The zero-order valence-electron chi connectivity index (χ0n) is 12.7. The Balaban J connectivity index is 1.87. The fourth-order valence-corrected chi connectivity index (χ4v) is 4.52. The van der Waals surface area contributed by atoms with Crippen LogP contribution in [0.4, 0.5) is 0 Å². The molecule has 1 amide bonds. The van der Waals surface area contributed by atoms with Crippen molar-refractivity contribution in [2.45, 2.75) is 44.4 Å². The van der Waals surface area contributed by atoms with Crippen LogP contribution in [0.5, 0.6) is 0 Å². The van der Waals surface area contributed by atoms with Crippen molar-refractivity contribution >= 4 is 31.7 Å². The van der Waals surface area contributed by atoms with Crippen molar-refractivity contribution in [3.63, 3.8) is 0 Å². The second kappa shape index (κ2) is 7.59. The average Bonchev–Trinajstić information content (AvgIpc) is 2.40. The van der Waals surface area contributed by atoms with E-state index in [1.54, 1.807) is 18.2 Å². The van der Waals surface area contributed by atoms with Crippen molar-refractivity contribution in [2.24, 2.45) is 5.92 Å². The van der Waals surface area contributed by atoms with E-state index in [9.17, 15) is 13.2 Å². The summed E-state index contributed by atoms with van der Waals surface area (Å²) in [7, 11) is -3.45. The van der Waals surface area contributed by atoms with Crippen LogP contribution in [0.2, 0.25) is 0 Å². The second-order valence-corrected chi connectivity index (χ2v) is 9.17. The lowest BCUT2D eigenvalue weighted by atomic mass is 9.87. The summed E-state index contributed by atoms with van der Waals surface area (Å²) in [6.07, 6.45) is 4.07. The molecular weight excluding hydrogens is 366 g/mol. The molecule has 0 saturated heterocycles. The number of rotatable bonds is 5. The van der Waals surface area contributed by atoms with E-state index >= 15 is 0 Å². The maximum absolute atomic E-state index is 12.1. The minimum absolute atomic E-state index is 0.110. The van der Waals surface area contributed by atoms with Crippen molar-refractivity contribution < 1.29 is 13.2 Å². The van der Waals surface area contributed by atoms with Gasteiger partial charge in [-0.25, -0.2) is 8.42 Å². The van der Waals surface area contributed by atoms with E-state index in [4.69, 9.17) is 0 Å². The van der Waals surface area contributed by atoms with Crippen molar-refractivity contribution in [2.75, 3.05) is 5.75 Å². The Labute approximate surface area is 140 Å². The van der Waals surface area contributed by atoms with Crippen LogP contribution in [0.25, 0.3) is 0 Å².